The topological polar surface area (TPSA) is 58.4 Å². The minimum Gasteiger partial charge on any atom is -0.353 e. The molecule has 0 radical (unpaired) electrons. The molecule has 0 aromatic carbocycles. The van der Waals surface area contributed by atoms with Crippen molar-refractivity contribution < 1.29 is 4.79 Å². The monoisotopic (exact) mass is 231 g/mol. The summed E-state index contributed by atoms with van der Waals surface area (Å²) in [4.78, 5) is 13.7. The number of hydrogen-bond donors (Lipinski definition) is 2. The van der Waals surface area contributed by atoms with Crippen LogP contribution >= 0.6 is 11.8 Å². The third-order valence-electron chi connectivity index (χ3n) is 2.61. The van der Waals surface area contributed by atoms with E-state index in [1.165, 1.54) is 11.5 Å². The first-order valence-corrected chi connectivity index (χ1v) is 6.73. The summed E-state index contributed by atoms with van der Waals surface area (Å²) in [6.45, 7) is 5.87. The maximum absolute atomic E-state index is 11.4. The first-order valence-electron chi connectivity index (χ1n) is 5.57. The maximum Gasteiger partial charge on any atom is 0.236 e. The number of nitrogens with zero attached hydrogens (tertiary/aromatic N) is 1. The number of rotatable bonds is 5. The Kier molecular flexibility index (Phi) is 6.05. The van der Waals surface area contributed by atoms with Crippen molar-refractivity contribution in [2.75, 3.05) is 37.7 Å². The quantitative estimate of drug-likeness (QED) is 0.693. The van der Waals surface area contributed by atoms with Crippen molar-refractivity contribution in [3.63, 3.8) is 0 Å². The van der Waals surface area contributed by atoms with Crippen LogP contribution in [0.25, 0.3) is 0 Å². The zero-order chi connectivity index (χ0) is 11.1. The molecule has 1 atom stereocenters. The first-order chi connectivity index (χ1) is 7.24. The normalized spacial score (nSPS) is 19.9. The third kappa shape index (κ3) is 4.86. The van der Waals surface area contributed by atoms with E-state index < -0.39 is 0 Å². The maximum atomic E-state index is 11.4. The fourth-order valence-corrected chi connectivity index (χ4v) is 2.46. The number of amides is 1. The second-order valence-corrected chi connectivity index (χ2v) is 4.98. The van der Waals surface area contributed by atoms with Gasteiger partial charge in [0.15, 0.2) is 0 Å². The summed E-state index contributed by atoms with van der Waals surface area (Å²) in [7, 11) is 0. The van der Waals surface area contributed by atoms with Crippen molar-refractivity contribution in [3.05, 3.63) is 0 Å². The van der Waals surface area contributed by atoms with Gasteiger partial charge in [0.25, 0.3) is 0 Å². The lowest BCUT2D eigenvalue weighted by atomic mass is 10.2. The minimum absolute atomic E-state index is 0.0242. The van der Waals surface area contributed by atoms with Crippen molar-refractivity contribution in [1.82, 2.24) is 10.2 Å². The van der Waals surface area contributed by atoms with E-state index in [9.17, 15) is 4.79 Å². The van der Waals surface area contributed by atoms with E-state index >= 15 is 0 Å². The molecule has 0 aliphatic carbocycles. The molecular formula is C10H21N3OS. The molecule has 0 aromatic heterocycles. The lowest BCUT2D eigenvalue weighted by Gasteiger charge is -2.26. The Morgan fingerprint density at radius 2 is 2.20 bits per heavy atom. The van der Waals surface area contributed by atoms with Gasteiger partial charge in [-0.3, -0.25) is 9.69 Å². The van der Waals surface area contributed by atoms with E-state index in [1.54, 1.807) is 0 Å². The molecular weight excluding hydrogens is 210 g/mol. The Bertz CT molecular complexity index is 195. The lowest BCUT2D eigenvalue weighted by molar-refractivity contribution is -0.122. The second kappa shape index (κ2) is 7.09. The Morgan fingerprint density at radius 3 is 2.80 bits per heavy atom. The van der Waals surface area contributed by atoms with Crippen LogP contribution in [0.4, 0.5) is 0 Å². The standard InChI is InChI=1S/C10H21N3OS/c1-2-9(11)10(14)12-3-4-13-5-7-15-8-6-13/h9H,2-8,11H2,1H3,(H,12,14)/t9-/m1/s1. The molecule has 1 heterocycles. The summed E-state index contributed by atoms with van der Waals surface area (Å²) in [5, 5.41) is 2.87. The second-order valence-electron chi connectivity index (χ2n) is 3.76. The summed E-state index contributed by atoms with van der Waals surface area (Å²) in [5.74, 6) is 2.40. The number of carbonyl (C=O) groups is 1. The number of thioether (sulfide) groups is 1. The smallest absolute Gasteiger partial charge is 0.236 e. The molecule has 1 aliphatic rings. The van der Waals surface area contributed by atoms with Crippen LogP contribution < -0.4 is 11.1 Å². The van der Waals surface area contributed by atoms with Gasteiger partial charge in [-0.15, -0.1) is 0 Å². The molecule has 5 heteroatoms. The molecule has 1 amide bonds. The summed E-state index contributed by atoms with van der Waals surface area (Å²) in [5.41, 5.74) is 5.61. The van der Waals surface area contributed by atoms with Crippen LogP contribution in [-0.2, 0) is 4.79 Å². The SMILES string of the molecule is CC[C@@H](N)C(=O)NCCN1CCSCC1. The highest BCUT2D eigenvalue weighted by atomic mass is 32.2. The Hall–Kier alpha value is -0.260. The highest BCUT2D eigenvalue weighted by molar-refractivity contribution is 7.99. The lowest BCUT2D eigenvalue weighted by Crippen LogP contribution is -2.44. The van der Waals surface area contributed by atoms with Gasteiger partial charge in [-0.2, -0.15) is 11.8 Å². The van der Waals surface area contributed by atoms with E-state index in [-0.39, 0.29) is 11.9 Å². The highest BCUT2D eigenvalue weighted by Gasteiger charge is 2.12. The summed E-state index contributed by atoms with van der Waals surface area (Å²) >= 11 is 2.00. The fraction of sp³-hybridized carbons (Fsp3) is 0.900. The van der Waals surface area contributed by atoms with Gasteiger partial charge in [0.2, 0.25) is 5.91 Å². The van der Waals surface area contributed by atoms with Crippen LogP contribution in [-0.4, -0.2) is 54.5 Å². The van der Waals surface area contributed by atoms with Crippen LogP contribution in [0.15, 0.2) is 0 Å². The molecule has 15 heavy (non-hydrogen) atoms. The summed E-state index contributed by atoms with van der Waals surface area (Å²) in [6.07, 6.45) is 0.701. The average Bonchev–Trinajstić information content (AvgIpc) is 2.29. The molecule has 1 rings (SSSR count). The molecule has 0 spiro atoms. The molecule has 3 N–H and O–H groups in total. The number of nitrogens with two attached hydrogens (primary N) is 1. The Morgan fingerprint density at radius 1 is 1.53 bits per heavy atom. The van der Waals surface area contributed by atoms with Crippen molar-refractivity contribution in [2.45, 2.75) is 19.4 Å². The van der Waals surface area contributed by atoms with E-state index in [1.807, 2.05) is 18.7 Å². The molecule has 0 bridgehead atoms. The molecule has 0 saturated carbocycles. The van der Waals surface area contributed by atoms with Crippen LogP contribution in [0.5, 0.6) is 0 Å². The van der Waals surface area contributed by atoms with E-state index in [4.69, 9.17) is 5.73 Å². The van der Waals surface area contributed by atoms with Gasteiger partial charge in [0, 0.05) is 37.7 Å². The van der Waals surface area contributed by atoms with Crippen LogP contribution in [0.1, 0.15) is 13.3 Å². The fourth-order valence-electron chi connectivity index (χ4n) is 1.48. The predicted molar refractivity (Wildman–Crippen MR) is 65.0 cm³/mol. The molecule has 1 aliphatic heterocycles. The van der Waals surface area contributed by atoms with E-state index in [2.05, 4.69) is 10.2 Å². The predicted octanol–water partition coefficient (Wildman–Crippen LogP) is -0.111. The van der Waals surface area contributed by atoms with Crippen molar-refractivity contribution >= 4 is 17.7 Å². The molecule has 0 unspecified atom stereocenters. The molecule has 0 aromatic rings. The van der Waals surface area contributed by atoms with Crippen molar-refractivity contribution in [2.24, 2.45) is 5.73 Å². The third-order valence-corrected chi connectivity index (χ3v) is 3.55. The minimum atomic E-state index is -0.345. The Balaban J connectivity index is 2.07. The van der Waals surface area contributed by atoms with Gasteiger partial charge >= 0.3 is 0 Å². The van der Waals surface area contributed by atoms with Gasteiger partial charge in [0.05, 0.1) is 6.04 Å². The van der Waals surface area contributed by atoms with Crippen LogP contribution in [0.2, 0.25) is 0 Å². The van der Waals surface area contributed by atoms with Crippen molar-refractivity contribution in [3.8, 4) is 0 Å². The van der Waals surface area contributed by atoms with Gasteiger partial charge in [-0.05, 0) is 6.42 Å². The Labute approximate surface area is 96.0 Å². The molecule has 88 valence electrons. The molecule has 1 saturated heterocycles. The van der Waals surface area contributed by atoms with Crippen LogP contribution in [0.3, 0.4) is 0 Å². The highest BCUT2D eigenvalue weighted by Crippen LogP contribution is 2.07. The number of carbonyl (C=O) groups excluding carboxylic acids is 1. The first kappa shape index (κ1) is 12.8. The van der Waals surface area contributed by atoms with Crippen LogP contribution in [0, 0.1) is 0 Å². The average molecular weight is 231 g/mol. The largest absolute Gasteiger partial charge is 0.353 e. The number of hydrogen-bond acceptors (Lipinski definition) is 4. The molecule has 4 nitrogen and oxygen atoms in total. The van der Waals surface area contributed by atoms with Gasteiger partial charge in [-0.1, -0.05) is 6.92 Å². The van der Waals surface area contributed by atoms with E-state index in [0.717, 1.165) is 26.2 Å². The molecule has 1 fully saturated rings. The summed E-state index contributed by atoms with van der Waals surface area (Å²) < 4.78 is 0. The zero-order valence-corrected chi connectivity index (χ0v) is 10.2. The van der Waals surface area contributed by atoms with Gasteiger partial charge < -0.3 is 11.1 Å². The van der Waals surface area contributed by atoms with Gasteiger partial charge in [-0.25, -0.2) is 0 Å². The summed E-state index contributed by atoms with van der Waals surface area (Å²) in [6, 6.07) is -0.345. The van der Waals surface area contributed by atoms with Gasteiger partial charge in [0.1, 0.15) is 0 Å². The zero-order valence-electron chi connectivity index (χ0n) is 9.37. The number of nitrogens with one attached hydrogen (secondary N) is 1. The van der Waals surface area contributed by atoms with Crippen molar-refractivity contribution in [1.29, 1.82) is 0 Å². The van der Waals surface area contributed by atoms with E-state index in [0.29, 0.717) is 6.42 Å².